The van der Waals surface area contributed by atoms with Crippen molar-refractivity contribution in [2.75, 3.05) is 31.6 Å². The van der Waals surface area contributed by atoms with Crippen LogP contribution in [0.2, 0.25) is 0 Å². The third-order valence-electron chi connectivity index (χ3n) is 7.96. The van der Waals surface area contributed by atoms with E-state index in [2.05, 4.69) is 24.1 Å². The van der Waals surface area contributed by atoms with Gasteiger partial charge < -0.3 is 19.9 Å². The van der Waals surface area contributed by atoms with Gasteiger partial charge in [-0.05, 0) is 61.3 Å². The molecule has 3 aliphatic rings. The minimum atomic E-state index is -0.731. The lowest BCUT2D eigenvalue weighted by atomic mass is 9.81. The number of fused-ring (bicyclic) bond motifs is 5. The molecule has 2 unspecified atom stereocenters. The minimum Gasteiger partial charge on any atom is -0.479 e. The van der Waals surface area contributed by atoms with Crippen molar-refractivity contribution in [1.29, 1.82) is 0 Å². The van der Waals surface area contributed by atoms with Gasteiger partial charge in [-0.2, -0.15) is 0 Å². The molecule has 1 aliphatic carbocycles. The van der Waals surface area contributed by atoms with Crippen LogP contribution in [0.15, 0.2) is 60.0 Å². The summed E-state index contributed by atoms with van der Waals surface area (Å²) in [4.78, 5) is 31.8. The van der Waals surface area contributed by atoms with Crippen molar-refractivity contribution in [1.82, 2.24) is 10.2 Å². The number of nitrogens with zero attached hydrogens (tertiary/aromatic N) is 2. The molecule has 2 amide bonds. The van der Waals surface area contributed by atoms with Crippen molar-refractivity contribution in [3.63, 3.8) is 0 Å². The second-order valence-corrected chi connectivity index (χ2v) is 10.8. The van der Waals surface area contributed by atoms with Crippen LogP contribution in [-0.4, -0.2) is 43.5 Å². The van der Waals surface area contributed by atoms with Crippen molar-refractivity contribution in [2.24, 2.45) is 11.3 Å². The molecule has 0 radical (unpaired) electrons. The van der Waals surface area contributed by atoms with Gasteiger partial charge in [-0.15, -0.1) is 0 Å². The number of allylic oxidation sites excluding steroid dienone is 1. The summed E-state index contributed by atoms with van der Waals surface area (Å²) in [7, 11) is 1.80. The highest BCUT2D eigenvalue weighted by atomic mass is 16.5. The predicted molar refractivity (Wildman–Crippen MR) is 142 cm³/mol. The topological polar surface area (TPSA) is 61.9 Å². The number of anilines is 1. The Bertz CT molecular complexity index is 1200. The van der Waals surface area contributed by atoms with Gasteiger partial charge in [0.15, 0.2) is 5.88 Å². The first-order valence-corrected chi connectivity index (χ1v) is 13.2. The van der Waals surface area contributed by atoms with E-state index in [9.17, 15) is 9.59 Å². The zero-order valence-electron chi connectivity index (χ0n) is 21.8. The van der Waals surface area contributed by atoms with E-state index in [1.54, 1.807) is 11.9 Å². The van der Waals surface area contributed by atoms with Crippen LogP contribution in [0.25, 0.3) is 11.1 Å². The Balaban J connectivity index is 1.47. The normalized spacial score (nSPS) is 22.9. The van der Waals surface area contributed by atoms with E-state index < -0.39 is 11.5 Å². The molecule has 2 heterocycles. The number of rotatable bonds is 7. The van der Waals surface area contributed by atoms with Gasteiger partial charge in [0.2, 0.25) is 5.91 Å². The number of ether oxygens (including phenoxy) is 1. The Morgan fingerprint density at radius 1 is 1.14 bits per heavy atom. The van der Waals surface area contributed by atoms with Gasteiger partial charge in [-0.25, -0.2) is 0 Å². The highest BCUT2D eigenvalue weighted by molar-refractivity contribution is 6.06. The number of carbonyl (C=O) groups excluding carboxylic acids is 2. The summed E-state index contributed by atoms with van der Waals surface area (Å²) in [6.07, 6.45) is 3.38. The van der Waals surface area contributed by atoms with E-state index >= 15 is 0 Å². The lowest BCUT2D eigenvalue weighted by Crippen LogP contribution is -2.52. The second kappa shape index (κ2) is 9.64. The first kappa shape index (κ1) is 24.4. The van der Waals surface area contributed by atoms with E-state index in [0.717, 1.165) is 54.1 Å². The van der Waals surface area contributed by atoms with Crippen LogP contribution in [0.1, 0.15) is 58.1 Å². The molecule has 5 rings (SSSR count). The fourth-order valence-electron chi connectivity index (χ4n) is 6.00. The highest BCUT2D eigenvalue weighted by Crippen LogP contribution is 2.49. The average Bonchev–Trinajstić information content (AvgIpc) is 3.22. The molecule has 0 spiro atoms. The number of para-hydroxylation sites is 1. The molecule has 6 heteroatoms. The lowest BCUT2D eigenvalue weighted by molar-refractivity contribution is -0.136. The van der Waals surface area contributed by atoms with Crippen LogP contribution in [0, 0.1) is 11.3 Å². The first-order chi connectivity index (χ1) is 17.3. The number of amides is 2. The summed E-state index contributed by atoms with van der Waals surface area (Å²) >= 11 is 0. The molecule has 2 aromatic rings. The third-order valence-corrected chi connectivity index (χ3v) is 7.96. The summed E-state index contributed by atoms with van der Waals surface area (Å²) in [6, 6.07) is 15.1. The smallest absolute Gasteiger partial charge is 0.253 e. The second-order valence-electron chi connectivity index (χ2n) is 10.8. The fraction of sp³-hybridized carbons (Fsp3) is 0.467. The minimum absolute atomic E-state index is 0.0323. The third kappa shape index (κ3) is 4.16. The molecule has 1 saturated carbocycles. The number of nitrogens with one attached hydrogen (secondary N) is 1. The van der Waals surface area contributed by atoms with Gasteiger partial charge in [-0.3, -0.25) is 9.59 Å². The number of likely N-dealkylation sites (N-methyl/N-ethyl adjacent to an activating group) is 1. The Labute approximate surface area is 214 Å². The number of benzene rings is 2. The van der Waals surface area contributed by atoms with E-state index in [1.807, 2.05) is 55.5 Å². The average molecular weight is 488 g/mol. The monoisotopic (exact) mass is 487 g/mol. The first-order valence-electron chi connectivity index (χ1n) is 13.2. The largest absolute Gasteiger partial charge is 0.479 e. The molecule has 0 saturated heterocycles. The van der Waals surface area contributed by atoms with Crippen molar-refractivity contribution < 1.29 is 14.3 Å². The maximum Gasteiger partial charge on any atom is 0.253 e. The number of carbonyl (C=O) groups is 2. The summed E-state index contributed by atoms with van der Waals surface area (Å²) < 4.78 is 6.08. The van der Waals surface area contributed by atoms with Crippen molar-refractivity contribution in [3.8, 4) is 11.1 Å². The molecule has 2 aliphatic heterocycles. The van der Waals surface area contributed by atoms with Crippen LogP contribution in [0.5, 0.6) is 0 Å². The van der Waals surface area contributed by atoms with E-state index in [0.29, 0.717) is 25.5 Å². The SMILES string of the molecule is CCOC1=C2CCC(C(=O)NC3C(=O)N(C)c4ccccc4-c4ccccc43)(C2)CN1CCC(C)C. The van der Waals surface area contributed by atoms with Crippen LogP contribution in [0.3, 0.4) is 0 Å². The van der Waals surface area contributed by atoms with Crippen molar-refractivity contribution in [2.45, 2.75) is 52.5 Å². The molecule has 1 fully saturated rings. The van der Waals surface area contributed by atoms with Crippen LogP contribution < -0.4 is 10.2 Å². The molecular weight excluding hydrogens is 450 g/mol. The quantitative estimate of drug-likeness (QED) is 0.578. The highest BCUT2D eigenvalue weighted by Gasteiger charge is 2.51. The molecule has 6 nitrogen and oxygen atoms in total. The maximum atomic E-state index is 14.1. The fourth-order valence-corrected chi connectivity index (χ4v) is 6.00. The van der Waals surface area contributed by atoms with Gasteiger partial charge in [0.05, 0.1) is 17.7 Å². The molecule has 2 aromatic carbocycles. The molecule has 0 aromatic heterocycles. The van der Waals surface area contributed by atoms with Crippen molar-refractivity contribution >= 4 is 17.5 Å². The Hall–Kier alpha value is -3.28. The summed E-state index contributed by atoms with van der Waals surface area (Å²) in [5.41, 5.74) is 4.39. The standard InChI is InChI=1S/C30H37N3O3/c1-5-36-28-21-14-16-30(18-21,19-33(28)17-15-20(2)3)29(35)31-26-24-12-7-6-10-22(24)23-11-8-9-13-25(23)32(4)27(26)34/h6-13,20,26H,5,14-19H2,1-4H3,(H,31,35). The maximum absolute atomic E-state index is 14.1. The van der Waals surface area contributed by atoms with E-state index in [-0.39, 0.29) is 11.8 Å². The Morgan fingerprint density at radius 2 is 1.86 bits per heavy atom. The van der Waals surface area contributed by atoms with Gasteiger partial charge in [0.1, 0.15) is 6.04 Å². The molecule has 2 atom stereocenters. The van der Waals surface area contributed by atoms with Gasteiger partial charge >= 0.3 is 0 Å². The van der Waals surface area contributed by atoms with E-state index in [4.69, 9.17) is 4.74 Å². The number of hydrogen-bond donors (Lipinski definition) is 1. The molecule has 36 heavy (non-hydrogen) atoms. The van der Waals surface area contributed by atoms with E-state index in [1.165, 1.54) is 5.57 Å². The van der Waals surface area contributed by atoms with Gasteiger partial charge in [0.25, 0.3) is 5.91 Å². The zero-order valence-corrected chi connectivity index (χ0v) is 21.8. The van der Waals surface area contributed by atoms with Crippen LogP contribution >= 0.6 is 0 Å². The molecule has 1 N–H and O–H groups in total. The molecule has 190 valence electrons. The Morgan fingerprint density at radius 3 is 2.61 bits per heavy atom. The van der Waals surface area contributed by atoms with Crippen molar-refractivity contribution in [3.05, 3.63) is 65.6 Å². The summed E-state index contributed by atoms with van der Waals surface area (Å²) in [5, 5.41) is 3.23. The molecule has 2 bridgehead atoms. The summed E-state index contributed by atoms with van der Waals surface area (Å²) in [6.45, 7) is 8.58. The van der Waals surface area contributed by atoms with Gasteiger partial charge in [-0.1, -0.05) is 56.3 Å². The summed E-state index contributed by atoms with van der Waals surface area (Å²) in [5.74, 6) is 1.40. The molecular formula is C30H37N3O3. The van der Waals surface area contributed by atoms with Gasteiger partial charge in [0, 0.05) is 25.7 Å². The predicted octanol–water partition coefficient (Wildman–Crippen LogP) is 5.27. The zero-order chi connectivity index (χ0) is 25.4. The lowest BCUT2D eigenvalue weighted by Gasteiger charge is -2.40. The Kier molecular flexibility index (Phi) is 6.54. The number of hydrogen-bond acceptors (Lipinski definition) is 4. The van der Waals surface area contributed by atoms with Crippen LogP contribution in [0.4, 0.5) is 5.69 Å². The van der Waals surface area contributed by atoms with Crippen LogP contribution in [-0.2, 0) is 14.3 Å².